The van der Waals surface area contributed by atoms with Crippen LogP contribution in [-0.4, -0.2) is 48.1 Å². The van der Waals surface area contributed by atoms with Crippen LogP contribution < -0.4 is 16.2 Å². The molecule has 2 N–H and O–H groups in total. The summed E-state index contributed by atoms with van der Waals surface area (Å²) in [4.78, 5) is 40.3. The van der Waals surface area contributed by atoms with Crippen LogP contribution in [-0.2, 0) is 11.3 Å². The Hall–Kier alpha value is -3.56. The number of aromatic nitrogens is 6. The topological polar surface area (TPSA) is 120 Å². The molecule has 3 rings (SSSR count). The molecule has 0 saturated heterocycles. The van der Waals surface area contributed by atoms with Gasteiger partial charge in [0, 0.05) is 43.3 Å². The Kier molecular flexibility index (Phi) is 5.55. The summed E-state index contributed by atoms with van der Waals surface area (Å²) in [6, 6.07) is 3.19. The van der Waals surface area contributed by atoms with Crippen LogP contribution in [0.5, 0.6) is 0 Å². The van der Waals surface area contributed by atoms with Crippen molar-refractivity contribution in [3.8, 4) is 5.82 Å². The lowest BCUT2D eigenvalue weighted by Gasteiger charge is -2.10. The van der Waals surface area contributed by atoms with Crippen molar-refractivity contribution in [3.05, 3.63) is 59.1 Å². The maximum atomic E-state index is 11.9. The minimum absolute atomic E-state index is 0.0658. The second-order valence-corrected chi connectivity index (χ2v) is 5.88. The van der Waals surface area contributed by atoms with Crippen LogP contribution in [0.2, 0.25) is 0 Å². The van der Waals surface area contributed by atoms with E-state index in [2.05, 4.69) is 30.6 Å². The molecule has 10 nitrogen and oxygen atoms in total. The number of hydrogen-bond acceptors (Lipinski definition) is 7. The van der Waals surface area contributed by atoms with Crippen LogP contribution in [0, 0.1) is 13.8 Å². The first kappa shape index (κ1) is 18.2. The highest BCUT2D eigenvalue weighted by molar-refractivity contribution is 5.75. The van der Waals surface area contributed by atoms with Gasteiger partial charge in [-0.3, -0.25) is 18.7 Å². The molecule has 0 spiro atoms. The maximum Gasteiger partial charge on any atom is 0.253 e. The Morgan fingerprint density at radius 2 is 1.96 bits per heavy atom. The highest BCUT2D eigenvalue weighted by Gasteiger charge is 2.06. The second-order valence-electron chi connectivity index (χ2n) is 5.88. The van der Waals surface area contributed by atoms with E-state index in [1.54, 1.807) is 19.2 Å². The number of carbonyl (C=O) groups excluding carboxylic acids is 1. The lowest BCUT2D eigenvalue weighted by atomic mass is 10.4. The molecule has 0 fully saturated rings. The fourth-order valence-corrected chi connectivity index (χ4v) is 2.43. The number of hydrogen-bond donors (Lipinski definition) is 2. The Labute approximate surface area is 155 Å². The van der Waals surface area contributed by atoms with Gasteiger partial charge in [0.1, 0.15) is 30.3 Å². The molecule has 0 unspecified atom stereocenters. The van der Waals surface area contributed by atoms with E-state index in [0.717, 1.165) is 5.82 Å². The van der Waals surface area contributed by atoms with Crippen molar-refractivity contribution in [2.75, 3.05) is 18.4 Å². The number of nitrogens with zero attached hydrogens (tertiary/aromatic N) is 6. The lowest BCUT2D eigenvalue weighted by molar-refractivity contribution is -0.121. The van der Waals surface area contributed by atoms with Crippen molar-refractivity contribution in [1.29, 1.82) is 0 Å². The molecule has 10 heteroatoms. The second kappa shape index (κ2) is 8.21. The van der Waals surface area contributed by atoms with E-state index < -0.39 is 0 Å². The summed E-state index contributed by atoms with van der Waals surface area (Å²) in [5.41, 5.74) is 0.370. The zero-order valence-corrected chi connectivity index (χ0v) is 15.1. The number of aryl methyl sites for hydroxylation is 2. The molecule has 27 heavy (non-hydrogen) atoms. The summed E-state index contributed by atoms with van der Waals surface area (Å²) in [5, 5.41) is 5.87. The molecule has 0 aliphatic heterocycles. The Bertz CT molecular complexity index is 994. The van der Waals surface area contributed by atoms with Gasteiger partial charge in [0.15, 0.2) is 0 Å². The van der Waals surface area contributed by atoms with Crippen LogP contribution in [0.3, 0.4) is 0 Å². The molecule has 0 radical (unpaired) electrons. The van der Waals surface area contributed by atoms with Gasteiger partial charge in [-0.2, -0.15) is 0 Å². The third-order valence-corrected chi connectivity index (χ3v) is 3.81. The van der Waals surface area contributed by atoms with Crippen molar-refractivity contribution < 1.29 is 4.79 Å². The SMILES string of the molecule is Cc1cc(=O)n(CC(=O)NCCNc2cc(-n3ccnc3C)ncn2)cn1. The lowest BCUT2D eigenvalue weighted by Crippen LogP contribution is -2.34. The monoisotopic (exact) mass is 368 g/mol. The van der Waals surface area contributed by atoms with Gasteiger partial charge in [-0.15, -0.1) is 0 Å². The summed E-state index contributed by atoms with van der Waals surface area (Å²) in [7, 11) is 0. The van der Waals surface area contributed by atoms with Crippen molar-refractivity contribution >= 4 is 11.7 Å². The van der Waals surface area contributed by atoms with E-state index in [0.29, 0.717) is 30.4 Å². The van der Waals surface area contributed by atoms with E-state index in [-0.39, 0.29) is 18.0 Å². The minimum Gasteiger partial charge on any atom is -0.368 e. The first-order valence-electron chi connectivity index (χ1n) is 8.39. The van der Waals surface area contributed by atoms with Gasteiger partial charge < -0.3 is 10.6 Å². The van der Waals surface area contributed by atoms with Crippen molar-refractivity contribution in [1.82, 2.24) is 34.4 Å². The van der Waals surface area contributed by atoms with Gasteiger partial charge in [-0.1, -0.05) is 0 Å². The standard InChI is InChI=1S/C17H20N8O2/c1-12-7-17(27)24(11-23-12)9-16(26)20-4-3-19-14-8-15(22-10-21-14)25-6-5-18-13(25)2/h5-8,10-11H,3-4,9H2,1-2H3,(H,20,26)(H,19,21,22). The molecule has 140 valence electrons. The van der Waals surface area contributed by atoms with Crippen LogP contribution >= 0.6 is 0 Å². The Morgan fingerprint density at radius 3 is 2.70 bits per heavy atom. The maximum absolute atomic E-state index is 11.9. The third kappa shape index (κ3) is 4.75. The first-order valence-corrected chi connectivity index (χ1v) is 8.39. The molecule has 3 aromatic heterocycles. The number of rotatable bonds is 7. The predicted molar refractivity (Wildman–Crippen MR) is 98.6 cm³/mol. The van der Waals surface area contributed by atoms with Gasteiger partial charge in [0.25, 0.3) is 5.56 Å². The molecule has 0 aromatic carbocycles. The Morgan fingerprint density at radius 1 is 1.11 bits per heavy atom. The van der Waals surface area contributed by atoms with Gasteiger partial charge in [0.05, 0.1) is 6.33 Å². The smallest absolute Gasteiger partial charge is 0.253 e. The Balaban J connectivity index is 1.48. The fourth-order valence-electron chi connectivity index (χ4n) is 2.43. The predicted octanol–water partition coefficient (Wildman–Crippen LogP) is 0.0641. The average Bonchev–Trinajstić information content (AvgIpc) is 3.07. The molecular formula is C17H20N8O2. The molecule has 0 aliphatic carbocycles. The highest BCUT2D eigenvalue weighted by Crippen LogP contribution is 2.10. The number of anilines is 1. The van der Waals surface area contributed by atoms with Gasteiger partial charge in [-0.05, 0) is 13.8 Å². The summed E-state index contributed by atoms with van der Waals surface area (Å²) in [6.07, 6.45) is 6.36. The van der Waals surface area contributed by atoms with Gasteiger partial charge >= 0.3 is 0 Å². The number of carbonyl (C=O) groups is 1. The van der Waals surface area contributed by atoms with E-state index in [4.69, 9.17) is 0 Å². The number of amides is 1. The summed E-state index contributed by atoms with van der Waals surface area (Å²) in [5.74, 6) is 1.91. The fraction of sp³-hybridized carbons (Fsp3) is 0.294. The molecule has 3 heterocycles. The van der Waals surface area contributed by atoms with Crippen LogP contribution in [0.15, 0.2) is 42.0 Å². The largest absolute Gasteiger partial charge is 0.368 e. The number of imidazole rings is 1. The zero-order valence-electron chi connectivity index (χ0n) is 15.1. The highest BCUT2D eigenvalue weighted by atomic mass is 16.2. The summed E-state index contributed by atoms with van der Waals surface area (Å²) < 4.78 is 3.11. The third-order valence-electron chi connectivity index (χ3n) is 3.81. The summed E-state index contributed by atoms with van der Waals surface area (Å²) in [6.45, 7) is 4.41. The zero-order chi connectivity index (χ0) is 19.2. The van der Waals surface area contributed by atoms with E-state index in [9.17, 15) is 9.59 Å². The van der Waals surface area contributed by atoms with Gasteiger partial charge in [-0.25, -0.2) is 19.9 Å². The van der Waals surface area contributed by atoms with Crippen molar-refractivity contribution in [2.24, 2.45) is 0 Å². The molecular weight excluding hydrogens is 348 g/mol. The van der Waals surface area contributed by atoms with Crippen LogP contribution in [0.4, 0.5) is 5.82 Å². The molecule has 0 aliphatic rings. The van der Waals surface area contributed by atoms with E-state index >= 15 is 0 Å². The van der Waals surface area contributed by atoms with E-state index in [1.165, 1.54) is 23.3 Å². The normalized spacial score (nSPS) is 10.6. The summed E-state index contributed by atoms with van der Waals surface area (Å²) >= 11 is 0. The quantitative estimate of drug-likeness (QED) is 0.566. The molecule has 3 aromatic rings. The number of nitrogens with one attached hydrogen (secondary N) is 2. The van der Waals surface area contributed by atoms with Crippen LogP contribution in [0.1, 0.15) is 11.5 Å². The average molecular weight is 368 g/mol. The van der Waals surface area contributed by atoms with Gasteiger partial charge in [0.2, 0.25) is 5.91 Å². The molecule has 0 atom stereocenters. The molecule has 0 saturated carbocycles. The molecule has 1 amide bonds. The molecule has 0 bridgehead atoms. The van der Waals surface area contributed by atoms with Crippen molar-refractivity contribution in [2.45, 2.75) is 20.4 Å². The van der Waals surface area contributed by atoms with Crippen molar-refractivity contribution in [3.63, 3.8) is 0 Å². The van der Waals surface area contributed by atoms with Crippen LogP contribution in [0.25, 0.3) is 5.82 Å². The minimum atomic E-state index is -0.262. The van der Waals surface area contributed by atoms with E-state index in [1.807, 2.05) is 17.7 Å². The first-order chi connectivity index (χ1) is 13.0.